The van der Waals surface area contributed by atoms with Crippen molar-refractivity contribution in [3.63, 3.8) is 0 Å². The summed E-state index contributed by atoms with van der Waals surface area (Å²) in [6, 6.07) is 0. The maximum absolute atomic E-state index is 11.8. The summed E-state index contributed by atoms with van der Waals surface area (Å²) in [6.07, 6.45) is 6.63. The molecule has 1 aromatic heterocycles. The van der Waals surface area contributed by atoms with Crippen LogP contribution in [0.5, 0.6) is 0 Å². The molecule has 1 saturated carbocycles. The van der Waals surface area contributed by atoms with Gasteiger partial charge in [0.15, 0.2) is 0 Å². The van der Waals surface area contributed by atoms with Gasteiger partial charge in [-0.25, -0.2) is 4.68 Å². The van der Waals surface area contributed by atoms with Crippen LogP contribution in [0.25, 0.3) is 0 Å². The van der Waals surface area contributed by atoms with Crippen molar-refractivity contribution < 1.29 is 0 Å². The SMILES string of the molecule is CCn1ncc(NCC2(CC)CCC2)c(Cl)c1=O. The van der Waals surface area contributed by atoms with Gasteiger partial charge in [-0.1, -0.05) is 24.9 Å². The molecule has 0 unspecified atom stereocenters. The number of halogens is 1. The van der Waals surface area contributed by atoms with E-state index in [-0.39, 0.29) is 10.6 Å². The fourth-order valence-corrected chi connectivity index (χ4v) is 2.64. The molecular weight excluding hydrogens is 250 g/mol. The predicted octanol–water partition coefficient (Wildman–Crippen LogP) is 2.91. The smallest absolute Gasteiger partial charge is 0.287 e. The molecule has 18 heavy (non-hydrogen) atoms. The second kappa shape index (κ2) is 5.31. The zero-order valence-corrected chi connectivity index (χ0v) is 11.8. The van der Waals surface area contributed by atoms with Crippen molar-refractivity contribution in [1.29, 1.82) is 0 Å². The van der Waals surface area contributed by atoms with E-state index < -0.39 is 0 Å². The van der Waals surface area contributed by atoms with Crippen LogP contribution in [0.15, 0.2) is 11.0 Å². The maximum Gasteiger partial charge on any atom is 0.287 e. The van der Waals surface area contributed by atoms with Crippen molar-refractivity contribution >= 4 is 17.3 Å². The first-order chi connectivity index (χ1) is 8.62. The van der Waals surface area contributed by atoms with Crippen molar-refractivity contribution in [3.05, 3.63) is 21.6 Å². The van der Waals surface area contributed by atoms with E-state index in [0.717, 1.165) is 13.0 Å². The van der Waals surface area contributed by atoms with Gasteiger partial charge in [0, 0.05) is 13.1 Å². The Morgan fingerprint density at radius 3 is 2.72 bits per heavy atom. The monoisotopic (exact) mass is 269 g/mol. The van der Waals surface area contributed by atoms with Crippen LogP contribution in [0, 0.1) is 5.41 Å². The number of hydrogen-bond acceptors (Lipinski definition) is 3. The molecule has 1 heterocycles. The Bertz CT molecular complexity index is 474. The molecule has 0 spiro atoms. The van der Waals surface area contributed by atoms with Gasteiger partial charge in [-0.3, -0.25) is 4.79 Å². The fourth-order valence-electron chi connectivity index (χ4n) is 2.43. The molecule has 1 fully saturated rings. The first kappa shape index (κ1) is 13.4. The molecule has 4 nitrogen and oxygen atoms in total. The Morgan fingerprint density at radius 1 is 1.50 bits per heavy atom. The fraction of sp³-hybridized carbons (Fsp3) is 0.692. The zero-order chi connectivity index (χ0) is 13.2. The van der Waals surface area contributed by atoms with E-state index in [0.29, 0.717) is 17.6 Å². The molecule has 5 heteroatoms. The van der Waals surface area contributed by atoms with E-state index >= 15 is 0 Å². The van der Waals surface area contributed by atoms with Gasteiger partial charge in [-0.2, -0.15) is 5.10 Å². The van der Waals surface area contributed by atoms with Gasteiger partial charge in [0.05, 0.1) is 11.9 Å². The summed E-state index contributed by atoms with van der Waals surface area (Å²) in [5.74, 6) is 0. The predicted molar refractivity (Wildman–Crippen MR) is 74.2 cm³/mol. The van der Waals surface area contributed by atoms with Crippen molar-refractivity contribution in [2.24, 2.45) is 5.41 Å². The average Bonchev–Trinajstić information content (AvgIpc) is 2.33. The lowest BCUT2D eigenvalue weighted by molar-refractivity contribution is 0.145. The summed E-state index contributed by atoms with van der Waals surface area (Å²) >= 11 is 6.07. The molecule has 1 N–H and O–H groups in total. The van der Waals surface area contributed by atoms with Crippen LogP contribution in [0.3, 0.4) is 0 Å². The zero-order valence-electron chi connectivity index (χ0n) is 11.0. The molecule has 0 saturated heterocycles. The first-order valence-corrected chi connectivity index (χ1v) is 6.99. The van der Waals surface area contributed by atoms with E-state index in [1.165, 1.54) is 23.9 Å². The second-order valence-electron chi connectivity index (χ2n) is 5.05. The van der Waals surface area contributed by atoms with Crippen LogP contribution in [0.4, 0.5) is 5.69 Å². The number of nitrogens with one attached hydrogen (secondary N) is 1. The maximum atomic E-state index is 11.8. The summed E-state index contributed by atoms with van der Waals surface area (Å²) in [6.45, 7) is 5.51. The van der Waals surface area contributed by atoms with Gasteiger partial charge < -0.3 is 5.32 Å². The summed E-state index contributed by atoms with van der Waals surface area (Å²) in [5.41, 5.74) is 0.831. The highest BCUT2D eigenvalue weighted by molar-refractivity contribution is 6.32. The average molecular weight is 270 g/mol. The van der Waals surface area contributed by atoms with E-state index in [1.807, 2.05) is 6.92 Å². The van der Waals surface area contributed by atoms with Crippen LogP contribution in [0.2, 0.25) is 5.02 Å². The molecule has 100 valence electrons. The minimum absolute atomic E-state index is 0.219. The van der Waals surface area contributed by atoms with Gasteiger partial charge in [-0.05, 0) is 31.6 Å². The standard InChI is InChI=1S/C13H20ClN3O/c1-3-13(6-5-7-13)9-15-10-8-16-17(4-2)12(18)11(10)14/h8,15H,3-7,9H2,1-2H3. The minimum Gasteiger partial charge on any atom is -0.382 e. The molecule has 0 aromatic carbocycles. The van der Waals surface area contributed by atoms with Crippen molar-refractivity contribution in [3.8, 4) is 0 Å². The van der Waals surface area contributed by atoms with Gasteiger partial charge in [0.2, 0.25) is 0 Å². The van der Waals surface area contributed by atoms with Gasteiger partial charge in [-0.15, -0.1) is 0 Å². The minimum atomic E-state index is -0.219. The van der Waals surface area contributed by atoms with Gasteiger partial charge in [0.1, 0.15) is 5.02 Å². The third-order valence-corrected chi connectivity index (χ3v) is 4.47. The van der Waals surface area contributed by atoms with Crippen LogP contribution in [-0.4, -0.2) is 16.3 Å². The summed E-state index contributed by atoms with van der Waals surface area (Å²) < 4.78 is 1.37. The van der Waals surface area contributed by atoms with Crippen LogP contribution >= 0.6 is 11.6 Å². The lowest BCUT2D eigenvalue weighted by Crippen LogP contribution is -2.36. The molecule has 1 aromatic rings. The molecule has 1 aliphatic rings. The van der Waals surface area contributed by atoms with Crippen molar-refractivity contribution in [1.82, 2.24) is 9.78 Å². The number of aromatic nitrogens is 2. The Balaban J connectivity index is 2.10. The Kier molecular flexibility index (Phi) is 3.95. The van der Waals surface area contributed by atoms with Gasteiger partial charge >= 0.3 is 0 Å². The molecule has 0 aliphatic heterocycles. The highest BCUT2D eigenvalue weighted by Gasteiger charge is 2.34. The molecule has 2 rings (SSSR count). The Hall–Kier alpha value is -1.03. The highest BCUT2D eigenvalue weighted by Crippen LogP contribution is 2.43. The van der Waals surface area contributed by atoms with Crippen LogP contribution in [-0.2, 0) is 6.54 Å². The van der Waals surface area contributed by atoms with Crippen LogP contribution < -0.4 is 10.9 Å². The summed E-state index contributed by atoms with van der Waals surface area (Å²) in [7, 11) is 0. The topological polar surface area (TPSA) is 46.9 Å². The Morgan fingerprint density at radius 2 is 2.22 bits per heavy atom. The van der Waals surface area contributed by atoms with Gasteiger partial charge in [0.25, 0.3) is 5.56 Å². The quantitative estimate of drug-likeness (QED) is 0.894. The number of rotatable bonds is 5. The largest absolute Gasteiger partial charge is 0.382 e. The first-order valence-electron chi connectivity index (χ1n) is 6.61. The summed E-state index contributed by atoms with van der Waals surface area (Å²) in [5, 5.41) is 7.62. The number of aryl methyl sites for hydroxylation is 1. The van der Waals surface area contributed by atoms with Crippen molar-refractivity contribution in [2.45, 2.75) is 46.1 Å². The lowest BCUT2D eigenvalue weighted by Gasteiger charge is -2.41. The number of nitrogens with zero attached hydrogens (tertiary/aromatic N) is 2. The molecule has 0 amide bonds. The Labute approximate surface area is 112 Å². The number of hydrogen-bond donors (Lipinski definition) is 1. The van der Waals surface area contributed by atoms with Crippen molar-refractivity contribution in [2.75, 3.05) is 11.9 Å². The summed E-state index contributed by atoms with van der Waals surface area (Å²) in [4.78, 5) is 11.8. The molecule has 0 atom stereocenters. The van der Waals surface area contributed by atoms with E-state index in [1.54, 1.807) is 6.20 Å². The second-order valence-corrected chi connectivity index (χ2v) is 5.43. The molecule has 0 bridgehead atoms. The van der Waals surface area contributed by atoms with E-state index in [9.17, 15) is 4.79 Å². The van der Waals surface area contributed by atoms with E-state index in [4.69, 9.17) is 11.6 Å². The third-order valence-electron chi connectivity index (χ3n) is 4.10. The third kappa shape index (κ3) is 2.39. The normalized spacial score (nSPS) is 17.3. The molecule has 1 aliphatic carbocycles. The lowest BCUT2D eigenvalue weighted by atomic mass is 9.67. The highest BCUT2D eigenvalue weighted by atomic mass is 35.5. The molecule has 0 radical (unpaired) electrons. The molecular formula is C13H20ClN3O. The number of anilines is 1. The van der Waals surface area contributed by atoms with Crippen LogP contribution in [0.1, 0.15) is 39.5 Å². The van der Waals surface area contributed by atoms with E-state index in [2.05, 4.69) is 17.3 Å².